The molecule has 16 heavy (non-hydrogen) atoms. The molecule has 0 saturated carbocycles. The summed E-state index contributed by atoms with van der Waals surface area (Å²) in [6, 6.07) is -1.16. The Balaban J connectivity index is 3.89. The van der Waals surface area contributed by atoms with Crippen molar-refractivity contribution in [3.63, 3.8) is 0 Å². The van der Waals surface area contributed by atoms with Crippen molar-refractivity contribution in [1.82, 2.24) is 10.6 Å². The first-order valence-corrected chi connectivity index (χ1v) is 4.58. The highest BCUT2D eigenvalue weighted by Gasteiger charge is 2.16. The minimum absolute atomic E-state index is 0.105. The normalized spacial score (nSPS) is 11.6. The molecule has 3 amide bonds. The van der Waals surface area contributed by atoms with Crippen LogP contribution in [0.2, 0.25) is 0 Å². The van der Waals surface area contributed by atoms with Crippen LogP contribution in [0.5, 0.6) is 0 Å². The summed E-state index contributed by atoms with van der Waals surface area (Å²) in [5, 5.41) is 21.4. The molecule has 0 aliphatic rings. The Bertz CT molecular complexity index is 268. The summed E-state index contributed by atoms with van der Waals surface area (Å²) in [5.41, 5.74) is 4.87. The number of aliphatic hydroxyl groups is 2. The lowest BCUT2D eigenvalue weighted by atomic mass is 10.3. The fourth-order valence-corrected chi connectivity index (χ4v) is 0.821. The van der Waals surface area contributed by atoms with Crippen LogP contribution in [0.3, 0.4) is 0 Å². The fourth-order valence-electron chi connectivity index (χ4n) is 0.821. The monoisotopic (exact) mass is 233 g/mol. The number of primary amides is 1. The molecule has 1 unspecified atom stereocenters. The number of hydrogen-bond donors (Lipinski definition) is 5. The summed E-state index contributed by atoms with van der Waals surface area (Å²) >= 11 is 0. The van der Waals surface area contributed by atoms with Crippen molar-refractivity contribution in [2.45, 2.75) is 12.5 Å². The third-order valence-corrected chi connectivity index (χ3v) is 1.65. The van der Waals surface area contributed by atoms with E-state index in [-0.39, 0.29) is 19.6 Å². The average molecular weight is 233 g/mol. The number of hydrogen-bond acceptors (Lipinski definition) is 5. The number of nitrogens with one attached hydrogen (secondary N) is 2. The van der Waals surface area contributed by atoms with Gasteiger partial charge in [0.05, 0.1) is 19.8 Å². The largest absolute Gasteiger partial charge is 0.396 e. The molecule has 1 atom stereocenters. The molecule has 8 nitrogen and oxygen atoms in total. The van der Waals surface area contributed by atoms with Crippen molar-refractivity contribution in [2.24, 2.45) is 5.73 Å². The summed E-state index contributed by atoms with van der Waals surface area (Å²) in [4.78, 5) is 32.6. The van der Waals surface area contributed by atoms with Gasteiger partial charge in [-0.05, 0) is 0 Å². The molecule has 0 radical (unpaired) electrons. The predicted molar refractivity (Wildman–Crippen MR) is 52.9 cm³/mol. The second-order valence-corrected chi connectivity index (χ2v) is 2.96. The number of aliphatic hydroxyl groups excluding tert-OH is 2. The molecule has 0 fully saturated rings. The Morgan fingerprint density at radius 2 is 1.81 bits per heavy atom. The standard InChI is InChI=1S/C8H15N3O5/c9-8(16)5(4-13)11-7(15)3-10-6(14)1-2-12/h5,12-13H,1-4H2,(H2,9,16)(H,10,14)(H,11,15). The van der Waals surface area contributed by atoms with Gasteiger partial charge >= 0.3 is 0 Å². The predicted octanol–water partition coefficient (Wildman–Crippen LogP) is -3.55. The molecule has 0 rings (SSSR count). The first-order chi connectivity index (χ1) is 7.51. The molecule has 8 heteroatoms. The van der Waals surface area contributed by atoms with E-state index in [4.69, 9.17) is 15.9 Å². The lowest BCUT2D eigenvalue weighted by Gasteiger charge is -2.12. The van der Waals surface area contributed by atoms with E-state index in [9.17, 15) is 14.4 Å². The highest BCUT2D eigenvalue weighted by Crippen LogP contribution is 1.81. The average Bonchev–Trinajstić information content (AvgIpc) is 2.23. The number of rotatable bonds is 7. The second kappa shape index (κ2) is 7.60. The van der Waals surface area contributed by atoms with Crippen LogP contribution >= 0.6 is 0 Å². The Labute approximate surface area is 91.8 Å². The van der Waals surface area contributed by atoms with E-state index in [0.717, 1.165) is 0 Å². The quantitative estimate of drug-likeness (QED) is 0.309. The highest BCUT2D eigenvalue weighted by atomic mass is 16.3. The molecular weight excluding hydrogens is 218 g/mol. The lowest BCUT2D eigenvalue weighted by Crippen LogP contribution is -2.49. The van der Waals surface area contributed by atoms with Crippen LogP contribution < -0.4 is 16.4 Å². The van der Waals surface area contributed by atoms with Crippen LogP contribution in [-0.4, -0.2) is 53.7 Å². The Morgan fingerprint density at radius 3 is 2.25 bits per heavy atom. The van der Waals surface area contributed by atoms with Crippen molar-refractivity contribution in [2.75, 3.05) is 19.8 Å². The van der Waals surface area contributed by atoms with Crippen molar-refractivity contribution >= 4 is 17.7 Å². The van der Waals surface area contributed by atoms with E-state index in [1.54, 1.807) is 0 Å². The molecule has 0 aromatic rings. The first kappa shape index (κ1) is 14.3. The summed E-state index contributed by atoms with van der Waals surface area (Å²) in [5.74, 6) is -2.00. The molecule has 0 aliphatic carbocycles. The Morgan fingerprint density at radius 1 is 1.19 bits per heavy atom. The summed E-state index contributed by atoms with van der Waals surface area (Å²) < 4.78 is 0. The van der Waals surface area contributed by atoms with Crippen LogP contribution in [0.15, 0.2) is 0 Å². The van der Waals surface area contributed by atoms with Crippen LogP contribution in [0.1, 0.15) is 6.42 Å². The van der Waals surface area contributed by atoms with Crippen molar-refractivity contribution in [3.8, 4) is 0 Å². The van der Waals surface area contributed by atoms with Crippen LogP contribution in [-0.2, 0) is 14.4 Å². The van der Waals surface area contributed by atoms with E-state index in [1.165, 1.54) is 0 Å². The maximum absolute atomic E-state index is 11.1. The molecule has 0 spiro atoms. The van der Waals surface area contributed by atoms with Gasteiger partial charge in [0, 0.05) is 6.42 Å². The van der Waals surface area contributed by atoms with E-state index >= 15 is 0 Å². The van der Waals surface area contributed by atoms with Gasteiger partial charge in [0.25, 0.3) is 0 Å². The minimum Gasteiger partial charge on any atom is -0.396 e. The summed E-state index contributed by atoms with van der Waals surface area (Å²) in [6.45, 7) is -1.26. The topological polar surface area (TPSA) is 142 Å². The molecule has 6 N–H and O–H groups in total. The highest BCUT2D eigenvalue weighted by molar-refractivity contribution is 5.89. The van der Waals surface area contributed by atoms with E-state index < -0.39 is 30.4 Å². The molecule has 92 valence electrons. The number of amides is 3. The maximum atomic E-state index is 11.1. The third-order valence-electron chi connectivity index (χ3n) is 1.65. The number of nitrogens with two attached hydrogens (primary N) is 1. The van der Waals surface area contributed by atoms with Crippen molar-refractivity contribution in [3.05, 3.63) is 0 Å². The Hall–Kier alpha value is -1.67. The number of carbonyl (C=O) groups excluding carboxylic acids is 3. The SMILES string of the molecule is NC(=O)C(CO)NC(=O)CNC(=O)CCO. The van der Waals surface area contributed by atoms with Crippen LogP contribution in [0, 0.1) is 0 Å². The second-order valence-electron chi connectivity index (χ2n) is 2.96. The van der Waals surface area contributed by atoms with Crippen LogP contribution in [0.4, 0.5) is 0 Å². The zero-order valence-electron chi connectivity index (χ0n) is 8.60. The van der Waals surface area contributed by atoms with Crippen molar-refractivity contribution in [1.29, 1.82) is 0 Å². The van der Waals surface area contributed by atoms with E-state index in [2.05, 4.69) is 10.6 Å². The van der Waals surface area contributed by atoms with Gasteiger partial charge in [-0.1, -0.05) is 0 Å². The van der Waals surface area contributed by atoms with E-state index in [1.807, 2.05) is 0 Å². The minimum atomic E-state index is -1.16. The summed E-state index contributed by atoms with van der Waals surface area (Å²) in [6.07, 6.45) is -0.105. The van der Waals surface area contributed by atoms with Crippen LogP contribution in [0.25, 0.3) is 0 Å². The van der Waals surface area contributed by atoms with Gasteiger partial charge in [0.2, 0.25) is 17.7 Å². The molecule has 0 bridgehead atoms. The molecule has 0 aliphatic heterocycles. The van der Waals surface area contributed by atoms with E-state index in [0.29, 0.717) is 0 Å². The summed E-state index contributed by atoms with van der Waals surface area (Å²) in [7, 11) is 0. The zero-order chi connectivity index (χ0) is 12.6. The van der Waals surface area contributed by atoms with Gasteiger partial charge < -0.3 is 26.6 Å². The third kappa shape index (κ3) is 5.94. The van der Waals surface area contributed by atoms with Crippen molar-refractivity contribution < 1.29 is 24.6 Å². The smallest absolute Gasteiger partial charge is 0.242 e. The van der Waals surface area contributed by atoms with Gasteiger partial charge in [-0.25, -0.2) is 0 Å². The Kier molecular flexibility index (Phi) is 6.81. The van der Waals surface area contributed by atoms with Gasteiger partial charge in [0.1, 0.15) is 6.04 Å². The molecule has 0 heterocycles. The first-order valence-electron chi connectivity index (χ1n) is 4.58. The lowest BCUT2D eigenvalue weighted by molar-refractivity contribution is -0.129. The van der Waals surface area contributed by atoms with Gasteiger partial charge in [-0.15, -0.1) is 0 Å². The van der Waals surface area contributed by atoms with Gasteiger partial charge in [-0.2, -0.15) is 0 Å². The van der Waals surface area contributed by atoms with Gasteiger partial charge in [0.15, 0.2) is 0 Å². The maximum Gasteiger partial charge on any atom is 0.242 e. The molecule has 0 saturated heterocycles. The fraction of sp³-hybridized carbons (Fsp3) is 0.625. The molecule has 0 aromatic heterocycles. The molecular formula is C8H15N3O5. The molecule has 0 aromatic carbocycles. The zero-order valence-corrected chi connectivity index (χ0v) is 8.60. The van der Waals surface area contributed by atoms with Gasteiger partial charge in [-0.3, -0.25) is 14.4 Å². The number of carbonyl (C=O) groups is 3.